The number of anilines is 1. The molecule has 0 bridgehead atoms. The summed E-state index contributed by atoms with van der Waals surface area (Å²) in [6, 6.07) is 7.46. The van der Waals surface area contributed by atoms with Crippen LogP contribution in [0.25, 0.3) is 0 Å². The van der Waals surface area contributed by atoms with Gasteiger partial charge in [-0.2, -0.15) is 0 Å². The predicted molar refractivity (Wildman–Crippen MR) is 86.1 cm³/mol. The number of amides is 1. The number of carbonyl (C=O) groups excluding carboxylic acids is 1. The van der Waals surface area contributed by atoms with Gasteiger partial charge in [0.15, 0.2) is 0 Å². The van der Waals surface area contributed by atoms with E-state index in [2.05, 4.69) is 20.2 Å². The van der Waals surface area contributed by atoms with Gasteiger partial charge in [-0.25, -0.2) is 13.1 Å². The van der Waals surface area contributed by atoms with E-state index in [1.807, 2.05) is 25.1 Å². The van der Waals surface area contributed by atoms with Gasteiger partial charge in [-0.1, -0.05) is 23.5 Å². The molecule has 0 radical (unpaired) electrons. The number of benzene rings is 1. The van der Waals surface area contributed by atoms with E-state index < -0.39 is 10.0 Å². The molecule has 0 atom stereocenters. The first-order valence-electron chi connectivity index (χ1n) is 6.67. The van der Waals surface area contributed by atoms with Crippen molar-refractivity contribution in [3.8, 4) is 5.75 Å². The second kappa shape index (κ2) is 7.49. The lowest BCUT2D eigenvalue weighted by molar-refractivity contribution is -0.114. The Kier molecular flexibility index (Phi) is 5.64. The molecule has 124 valence electrons. The third-order valence-corrected chi connectivity index (χ3v) is 5.24. The molecule has 1 aromatic heterocycles. The number of nitrogens with zero attached hydrogens (tertiary/aromatic N) is 2. The van der Waals surface area contributed by atoms with Gasteiger partial charge in [0.25, 0.3) is 10.0 Å². The highest BCUT2D eigenvalue weighted by Crippen LogP contribution is 2.19. The molecule has 2 aromatic rings. The average Bonchev–Trinajstić information content (AvgIpc) is 2.92. The fourth-order valence-electron chi connectivity index (χ4n) is 1.63. The summed E-state index contributed by atoms with van der Waals surface area (Å²) in [7, 11) is -3.77. The summed E-state index contributed by atoms with van der Waals surface area (Å²) in [5.74, 6) is 0.331. The van der Waals surface area contributed by atoms with Crippen LogP contribution in [0.3, 0.4) is 0 Å². The molecule has 0 fully saturated rings. The maximum absolute atomic E-state index is 12.0. The zero-order valence-corrected chi connectivity index (χ0v) is 14.2. The highest BCUT2D eigenvalue weighted by atomic mass is 32.2. The topological polar surface area (TPSA) is 110 Å². The predicted octanol–water partition coefficient (Wildman–Crippen LogP) is 1.16. The quantitative estimate of drug-likeness (QED) is 0.569. The van der Waals surface area contributed by atoms with Crippen molar-refractivity contribution in [3.63, 3.8) is 0 Å². The zero-order valence-electron chi connectivity index (χ0n) is 12.6. The molecule has 0 aliphatic rings. The van der Waals surface area contributed by atoms with Crippen LogP contribution in [0.15, 0.2) is 28.6 Å². The molecule has 0 aliphatic carbocycles. The van der Waals surface area contributed by atoms with Crippen LogP contribution in [0.5, 0.6) is 5.75 Å². The van der Waals surface area contributed by atoms with Crippen molar-refractivity contribution in [2.45, 2.75) is 18.2 Å². The number of aromatic nitrogens is 2. The molecular formula is C13H16N4O4S2. The Morgan fingerprint density at radius 3 is 2.83 bits per heavy atom. The lowest BCUT2D eigenvalue weighted by Crippen LogP contribution is -2.28. The highest BCUT2D eigenvalue weighted by molar-refractivity contribution is 7.91. The third kappa shape index (κ3) is 5.27. The van der Waals surface area contributed by atoms with E-state index in [-0.39, 0.29) is 28.5 Å². The normalized spacial score (nSPS) is 11.2. The molecule has 1 amide bonds. The maximum atomic E-state index is 12.0. The molecule has 2 rings (SSSR count). The molecule has 0 aliphatic heterocycles. The third-order valence-electron chi connectivity index (χ3n) is 2.57. The number of ether oxygens (including phenoxy) is 1. The van der Waals surface area contributed by atoms with Crippen LogP contribution in [0.2, 0.25) is 0 Å². The molecule has 0 unspecified atom stereocenters. The number of nitrogens with one attached hydrogen (secondary N) is 2. The van der Waals surface area contributed by atoms with E-state index in [0.717, 1.165) is 16.9 Å². The molecule has 0 saturated carbocycles. The first-order chi connectivity index (χ1) is 10.9. The largest absolute Gasteiger partial charge is 0.492 e. The monoisotopic (exact) mass is 356 g/mol. The molecular weight excluding hydrogens is 340 g/mol. The Labute approximate surface area is 137 Å². The van der Waals surface area contributed by atoms with Crippen molar-refractivity contribution in [2.75, 3.05) is 18.5 Å². The van der Waals surface area contributed by atoms with Gasteiger partial charge >= 0.3 is 0 Å². The minimum atomic E-state index is -3.77. The lowest BCUT2D eigenvalue weighted by atomic mass is 10.2. The van der Waals surface area contributed by atoms with E-state index in [0.29, 0.717) is 5.75 Å². The summed E-state index contributed by atoms with van der Waals surface area (Å²) < 4.78 is 31.7. The number of rotatable bonds is 7. The van der Waals surface area contributed by atoms with Crippen molar-refractivity contribution in [1.82, 2.24) is 14.9 Å². The van der Waals surface area contributed by atoms with Crippen molar-refractivity contribution in [1.29, 1.82) is 0 Å². The van der Waals surface area contributed by atoms with E-state index in [4.69, 9.17) is 4.74 Å². The van der Waals surface area contributed by atoms with Gasteiger partial charge in [-0.15, -0.1) is 10.2 Å². The number of hydrogen-bond donors (Lipinski definition) is 2. The SMILES string of the molecule is CC(=O)Nc1nnc(S(=O)(=O)NCCOc2cccc(C)c2)s1. The van der Waals surface area contributed by atoms with Crippen molar-refractivity contribution >= 4 is 32.4 Å². The summed E-state index contributed by atoms with van der Waals surface area (Å²) in [4.78, 5) is 10.9. The standard InChI is InChI=1S/C13H16N4O4S2/c1-9-4-3-5-11(8-9)21-7-6-14-23(19,20)13-17-16-12(22-13)15-10(2)18/h3-5,8,14H,6-7H2,1-2H3,(H,15,16,18). The van der Waals surface area contributed by atoms with Crippen LogP contribution in [-0.4, -0.2) is 37.7 Å². The van der Waals surface area contributed by atoms with Gasteiger partial charge in [-0.05, 0) is 24.6 Å². The Morgan fingerprint density at radius 1 is 1.35 bits per heavy atom. The summed E-state index contributed by atoms with van der Waals surface area (Å²) in [5, 5.41) is 9.66. The van der Waals surface area contributed by atoms with Gasteiger partial charge < -0.3 is 10.1 Å². The Morgan fingerprint density at radius 2 is 2.13 bits per heavy atom. The smallest absolute Gasteiger partial charge is 0.269 e. The van der Waals surface area contributed by atoms with Crippen molar-refractivity contribution in [3.05, 3.63) is 29.8 Å². The van der Waals surface area contributed by atoms with Crippen molar-refractivity contribution < 1.29 is 17.9 Å². The van der Waals surface area contributed by atoms with Crippen LogP contribution in [0.1, 0.15) is 12.5 Å². The molecule has 23 heavy (non-hydrogen) atoms. The molecule has 0 saturated heterocycles. The van der Waals surface area contributed by atoms with E-state index >= 15 is 0 Å². The Balaban J connectivity index is 1.86. The molecule has 2 N–H and O–H groups in total. The molecule has 1 aromatic carbocycles. The number of aryl methyl sites for hydroxylation is 1. The fraction of sp³-hybridized carbons (Fsp3) is 0.308. The van der Waals surface area contributed by atoms with Gasteiger partial charge in [0.1, 0.15) is 12.4 Å². The van der Waals surface area contributed by atoms with Crippen molar-refractivity contribution in [2.24, 2.45) is 0 Å². The van der Waals surface area contributed by atoms with Crippen LogP contribution in [0, 0.1) is 6.92 Å². The van der Waals surface area contributed by atoms with Crippen LogP contribution < -0.4 is 14.8 Å². The zero-order chi connectivity index (χ0) is 16.9. The van der Waals surface area contributed by atoms with E-state index in [1.165, 1.54) is 6.92 Å². The second-order valence-corrected chi connectivity index (χ2v) is 7.54. The Bertz CT molecular complexity index is 789. The van der Waals surface area contributed by atoms with Crippen LogP contribution in [0.4, 0.5) is 5.13 Å². The summed E-state index contributed by atoms with van der Waals surface area (Å²) in [6.07, 6.45) is 0. The van der Waals surface area contributed by atoms with E-state index in [9.17, 15) is 13.2 Å². The summed E-state index contributed by atoms with van der Waals surface area (Å²) in [5.41, 5.74) is 1.06. The number of carbonyl (C=O) groups is 1. The first kappa shape index (κ1) is 17.3. The van der Waals surface area contributed by atoms with Gasteiger partial charge in [0, 0.05) is 13.5 Å². The minimum Gasteiger partial charge on any atom is -0.492 e. The lowest BCUT2D eigenvalue weighted by Gasteiger charge is -2.07. The van der Waals surface area contributed by atoms with Gasteiger partial charge in [0.2, 0.25) is 15.4 Å². The highest BCUT2D eigenvalue weighted by Gasteiger charge is 2.20. The molecule has 10 heteroatoms. The number of hydrogen-bond acceptors (Lipinski definition) is 7. The van der Waals surface area contributed by atoms with E-state index in [1.54, 1.807) is 6.07 Å². The first-order valence-corrected chi connectivity index (χ1v) is 8.97. The summed E-state index contributed by atoms with van der Waals surface area (Å²) in [6.45, 7) is 3.51. The van der Waals surface area contributed by atoms with Crippen LogP contribution >= 0.6 is 11.3 Å². The molecule has 0 spiro atoms. The maximum Gasteiger partial charge on any atom is 0.269 e. The average molecular weight is 356 g/mol. The summed E-state index contributed by atoms with van der Waals surface area (Å²) >= 11 is 0.779. The molecule has 8 nitrogen and oxygen atoms in total. The molecule has 1 heterocycles. The van der Waals surface area contributed by atoms with Gasteiger partial charge in [0.05, 0.1) is 0 Å². The second-order valence-electron chi connectivity index (χ2n) is 4.62. The Hall–Kier alpha value is -2.04. The minimum absolute atomic E-state index is 0.0886. The van der Waals surface area contributed by atoms with Crippen LogP contribution in [-0.2, 0) is 14.8 Å². The number of sulfonamides is 1. The fourth-order valence-corrected chi connectivity index (χ4v) is 3.63. The van der Waals surface area contributed by atoms with Gasteiger partial charge in [-0.3, -0.25) is 4.79 Å².